The first-order valence-electron chi connectivity index (χ1n) is 10.2. The van der Waals surface area contributed by atoms with Gasteiger partial charge in [0.25, 0.3) is 5.91 Å². The Morgan fingerprint density at radius 2 is 1.41 bits per heavy atom. The Morgan fingerprint density at radius 1 is 0.781 bits per heavy atom. The third kappa shape index (κ3) is 6.26. The molecule has 0 heterocycles. The molecule has 7 nitrogen and oxygen atoms in total. The number of carbonyl (C=O) groups excluding carboxylic acids is 2. The molecule has 3 aromatic carbocycles. The summed E-state index contributed by atoms with van der Waals surface area (Å²) in [7, 11) is -3.68. The summed E-state index contributed by atoms with van der Waals surface area (Å²) in [4.78, 5) is 23.8. The molecule has 8 heteroatoms. The maximum Gasteiger partial charge on any atom is 0.251 e. The Labute approximate surface area is 187 Å². The first-order valence-corrected chi connectivity index (χ1v) is 11.7. The summed E-state index contributed by atoms with van der Waals surface area (Å²) in [6.45, 7) is 1.94. The second kappa shape index (κ2) is 10.7. The summed E-state index contributed by atoms with van der Waals surface area (Å²) in [6.07, 6.45) is 0.370. The lowest BCUT2D eigenvalue weighted by atomic mass is 10.1. The monoisotopic (exact) mass is 451 g/mol. The van der Waals surface area contributed by atoms with Crippen molar-refractivity contribution in [3.05, 3.63) is 84.4 Å². The average molecular weight is 452 g/mol. The molecule has 0 fully saturated rings. The molecule has 0 radical (unpaired) electrons. The predicted molar refractivity (Wildman–Crippen MR) is 125 cm³/mol. The van der Waals surface area contributed by atoms with Gasteiger partial charge in [-0.15, -0.1) is 0 Å². The van der Waals surface area contributed by atoms with Crippen molar-refractivity contribution in [1.29, 1.82) is 0 Å². The largest absolute Gasteiger partial charge is 0.351 e. The van der Waals surface area contributed by atoms with Gasteiger partial charge in [0.1, 0.15) is 0 Å². The van der Waals surface area contributed by atoms with E-state index in [9.17, 15) is 18.0 Å². The maximum absolute atomic E-state index is 12.5. The lowest BCUT2D eigenvalue weighted by Crippen LogP contribution is -2.34. The van der Waals surface area contributed by atoms with Crippen LogP contribution in [-0.4, -0.2) is 33.3 Å². The van der Waals surface area contributed by atoms with E-state index in [-0.39, 0.29) is 29.8 Å². The highest BCUT2D eigenvalue weighted by molar-refractivity contribution is 7.89. The van der Waals surface area contributed by atoms with E-state index in [0.29, 0.717) is 17.7 Å². The molecule has 0 saturated heterocycles. The zero-order valence-corrected chi connectivity index (χ0v) is 18.5. The second-order valence-corrected chi connectivity index (χ2v) is 8.79. The van der Waals surface area contributed by atoms with E-state index in [1.807, 2.05) is 30.3 Å². The fourth-order valence-electron chi connectivity index (χ4n) is 2.96. The molecule has 32 heavy (non-hydrogen) atoms. The molecule has 0 aromatic heterocycles. The van der Waals surface area contributed by atoms with Gasteiger partial charge in [-0.3, -0.25) is 9.59 Å². The Hall–Kier alpha value is -3.49. The van der Waals surface area contributed by atoms with Crippen molar-refractivity contribution in [2.24, 2.45) is 0 Å². The number of carbonyl (C=O) groups is 2. The third-order valence-electron chi connectivity index (χ3n) is 4.73. The van der Waals surface area contributed by atoms with Gasteiger partial charge in [-0.05, 0) is 47.5 Å². The Balaban J connectivity index is 1.49. The van der Waals surface area contributed by atoms with Crippen molar-refractivity contribution in [1.82, 2.24) is 10.0 Å². The van der Waals surface area contributed by atoms with Gasteiger partial charge >= 0.3 is 0 Å². The first kappa shape index (κ1) is 23.2. The van der Waals surface area contributed by atoms with Crippen LogP contribution in [0.25, 0.3) is 11.1 Å². The van der Waals surface area contributed by atoms with E-state index in [4.69, 9.17) is 0 Å². The van der Waals surface area contributed by atoms with Gasteiger partial charge in [0.05, 0.1) is 4.90 Å². The minimum atomic E-state index is -3.68. The summed E-state index contributed by atoms with van der Waals surface area (Å²) >= 11 is 0. The smallest absolute Gasteiger partial charge is 0.251 e. The van der Waals surface area contributed by atoms with Crippen LogP contribution in [0.3, 0.4) is 0 Å². The van der Waals surface area contributed by atoms with Crippen LogP contribution in [0, 0.1) is 0 Å². The summed E-state index contributed by atoms with van der Waals surface area (Å²) in [5.41, 5.74) is 2.96. The zero-order chi connectivity index (χ0) is 23.0. The molecule has 0 aliphatic heterocycles. The molecule has 0 aliphatic carbocycles. The topological polar surface area (TPSA) is 104 Å². The molecule has 2 amide bonds. The number of rotatable bonds is 9. The number of anilines is 1. The van der Waals surface area contributed by atoms with Crippen LogP contribution in [0.4, 0.5) is 5.69 Å². The number of benzene rings is 3. The fraction of sp³-hybridized carbons (Fsp3) is 0.167. The highest BCUT2D eigenvalue weighted by Crippen LogP contribution is 2.20. The van der Waals surface area contributed by atoms with Crippen molar-refractivity contribution in [2.75, 3.05) is 18.4 Å². The molecule has 0 bridgehead atoms. The highest BCUT2D eigenvalue weighted by Gasteiger charge is 2.14. The number of amides is 2. The quantitative estimate of drug-likeness (QED) is 0.434. The van der Waals surface area contributed by atoms with Gasteiger partial charge in [0, 0.05) is 30.8 Å². The van der Waals surface area contributed by atoms with Crippen LogP contribution in [0.15, 0.2) is 83.8 Å². The minimum absolute atomic E-state index is 0.0547. The van der Waals surface area contributed by atoms with Crippen LogP contribution in [0.1, 0.15) is 23.7 Å². The molecule has 3 N–H and O–H groups in total. The molecule has 166 valence electrons. The Kier molecular flexibility index (Phi) is 7.75. The summed E-state index contributed by atoms with van der Waals surface area (Å²) in [5.74, 6) is -0.436. The standard InChI is InChI=1S/C24H25N3O4S/c1-2-23(28)27-21-12-8-20(9-13-21)24(29)25-16-17-26-32(30,31)22-14-10-19(11-15-22)18-6-4-3-5-7-18/h3-15,26H,2,16-17H2,1H3,(H,25,29)(H,27,28). The summed E-state index contributed by atoms with van der Waals surface area (Å²) in [6, 6.07) is 22.8. The molecule has 3 rings (SSSR count). The molecular formula is C24H25N3O4S. The lowest BCUT2D eigenvalue weighted by molar-refractivity contribution is -0.115. The molecule has 3 aromatic rings. The molecule has 0 aliphatic rings. The first-order chi connectivity index (χ1) is 15.4. The lowest BCUT2D eigenvalue weighted by Gasteiger charge is -2.09. The average Bonchev–Trinajstić information content (AvgIpc) is 2.82. The van der Waals surface area contributed by atoms with Gasteiger partial charge < -0.3 is 10.6 Å². The van der Waals surface area contributed by atoms with Crippen LogP contribution in [-0.2, 0) is 14.8 Å². The molecule has 0 saturated carbocycles. The van der Waals surface area contributed by atoms with Gasteiger partial charge in [0.15, 0.2) is 0 Å². The van der Waals surface area contributed by atoms with Gasteiger partial charge in [-0.25, -0.2) is 13.1 Å². The van der Waals surface area contributed by atoms with Crippen LogP contribution < -0.4 is 15.4 Å². The van der Waals surface area contributed by atoms with Crippen molar-refractivity contribution in [2.45, 2.75) is 18.2 Å². The van der Waals surface area contributed by atoms with Crippen molar-refractivity contribution in [3.63, 3.8) is 0 Å². The maximum atomic E-state index is 12.5. The second-order valence-electron chi connectivity index (χ2n) is 7.02. The van der Waals surface area contributed by atoms with Crippen molar-refractivity contribution < 1.29 is 18.0 Å². The van der Waals surface area contributed by atoms with Crippen LogP contribution in [0.2, 0.25) is 0 Å². The number of hydrogen-bond donors (Lipinski definition) is 3. The van der Waals surface area contributed by atoms with Crippen molar-refractivity contribution in [3.8, 4) is 11.1 Å². The van der Waals surface area contributed by atoms with E-state index in [2.05, 4.69) is 15.4 Å². The highest BCUT2D eigenvalue weighted by atomic mass is 32.2. The van der Waals surface area contributed by atoms with Gasteiger partial charge in [-0.2, -0.15) is 0 Å². The summed E-state index contributed by atoms with van der Waals surface area (Å²) < 4.78 is 27.5. The normalized spacial score (nSPS) is 11.0. The third-order valence-corrected chi connectivity index (χ3v) is 6.20. The molecule has 0 spiro atoms. The predicted octanol–water partition coefficient (Wildman–Crippen LogP) is 3.41. The summed E-state index contributed by atoms with van der Waals surface area (Å²) in [5, 5.41) is 5.38. The molecular weight excluding hydrogens is 426 g/mol. The fourth-order valence-corrected chi connectivity index (χ4v) is 3.99. The van der Waals surface area contributed by atoms with Crippen LogP contribution >= 0.6 is 0 Å². The minimum Gasteiger partial charge on any atom is -0.351 e. The number of sulfonamides is 1. The van der Waals surface area contributed by atoms with E-state index >= 15 is 0 Å². The number of nitrogens with one attached hydrogen (secondary N) is 3. The van der Waals surface area contributed by atoms with Gasteiger partial charge in [-0.1, -0.05) is 49.4 Å². The Morgan fingerprint density at radius 3 is 2.03 bits per heavy atom. The molecule has 0 unspecified atom stereocenters. The number of hydrogen-bond acceptors (Lipinski definition) is 4. The van der Waals surface area contributed by atoms with E-state index in [1.54, 1.807) is 55.5 Å². The van der Waals surface area contributed by atoms with Crippen molar-refractivity contribution >= 4 is 27.5 Å². The van der Waals surface area contributed by atoms with E-state index in [0.717, 1.165) is 11.1 Å². The van der Waals surface area contributed by atoms with Gasteiger partial charge in [0.2, 0.25) is 15.9 Å². The zero-order valence-electron chi connectivity index (χ0n) is 17.7. The Bertz CT molecular complexity index is 1160. The van der Waals surface area contributed by atoms with E-state index < -0.39 is 10.0 Å². The SMILES string of the molecule is CCC(=O)Nc1ccc(C(=O)NCCNS(=O)(=O)c2ccc(-c3ccccc3)cc2)cc1. The molecule has 0 atom stereocenters. The van der Waals surface area contributed by atoms with Crippen LogP contribution in [0.5, 0.6) is 0 Å². The van der Waals surface area contributed by atoms with E-state index in [1.165, 1.54) is 0 Å².